The lowest BCUT2D eigenvalue weighted by Gasteiger charge is -2.17. The molecular formula is C24H23N3O4S. The molecule has 2 heterocycles. The summed E-state index contributed by atoms with van der Waals surface area (Å²) < 4.78 is 11.4. The molecule has 1 atom stereocenters. The van der Waals surface area contributed by atoms with Crippen LogP contribution >= 0.6 is 11.8 Å². The number of nitrogens with zero attached hydrogens (tertiary/aromatic N) is 1. The molecule has 0 aliphatic rings. The van der Waals surface area contributed by atoms with E-state index >= 15 is 0 Å². The zero-order valence-corrected chi connectivity index (χ0v) is 18.8. The summed E-state index contributed by atoms with van der Waals surface area (Å²) in [5.41, 5.74) is 3.12. The molecule has 8 heteroatoms. The molecule has 0 aliphatic heterocycles. The molecule has 0 spiro atoms. The van der Waals surface area contributed by atoms with E-state index in [-0.39, 0.29) is 23.3 Å². The van der Waals surface area contributed by atoms with E-state index in [0.717, 1.165) is 22.1 Å². The number of furan rings is 1. The first-order chi connectivity index (χ1) is 15.5. The summed E-state index contributed by atoms with van der Waals surface area (Å²) in [4.78, 5) is 31.7. The molecule has 4 aromatic rings. The van der Waals surface area contributed by atoms with Gasteiger partial charge in [0.15, 0.2) is 10.9 Å². The minimum Gasteiger partial charge on any atom is -0.496 e. The predicted molar refractivity (Wildman–Crippen MR) is 124 cm³/mol. The summed E-state index contributed by atoms with van der Waals surface area (Å²) in [5.74, 6) is 1.05. The molecule has 2 aromatic heterocycles. The average Bonchev–Trinajstić information content (AvgIpc) is 3.16. The lowest BCUT2D eigenvalue weighted by atomic mass is 10.0. The number of carbonyl (C=O) groups excluding carboxylic acids is 1. The van der Waals surface area contributed by atoms with Crippen molar-refractivity contribution in [2.45, 2.75) is 30.8 Å². The number of methoxy groups -OCH3 is 1. The maximum atomic E-state index is 13.2. The van der Waals surface area contributed by atoms with Gasteiger partial charge in [-0.3, -0.25) is 9.59 Å². The van der Waals surface area contributed by atoms with Gasteiger partial charge in [0.2, 0.25) is 0 Å². The fraction of sp³-hybridized carbons (Fsp3) is 0.208. The Morgan fingerprint density at radius 1 is 1.25 bits per heavy atom. The van der Waals surface area contributed by atoms with Crippen LogP contribution < -0.4 is 15.6 Å². The maximum Gasteiger partial charge on any atom is 0.287 e. The molecule has 0 saturated carbocycles. The molecule has 164 valence electrons. The van der Waals surface area contributed by atoms with Gasteiger partial charge in [-0.15, -0.1) is 0 Å². The molecule has 1 amide bonds. The topological polar surface area (TPSA) is 97.2 Å². The van der Waals surface area contributed by atoms with Crippen molar-refractivity contribution in [3.05, 3.63) is 87.5 Å². The van der Waals surface area contributed by atoms with E-state index < -0.39 is 0 Å². The van der Waals surface area contributed by atoms with Crippen LogP contribution in [0.3, 0.4) is 0 Å². The Balaban J connectivity index is 1.63. The quantitative estimate of drug-likeness (QED) is 0.316. The number of hydrogen-bond acceptors (Lipinski definition) is 6. The van der Waals surface area contributed by atoms with Crippen molar-refractivity contribution in [3.8, 4) is 5.75 Å². The highest BCUT2D eigenvalue weighted by atomic mass is 32.2. The van der Waals surface area contributed by atoms with E-state index in [1.807, 2.05) is 56.3 Å². The first-order valence-electron chi connectivity index (χ1n) is 10.1. The van der Waals surface area contributed by atoms with E-state index in [2.05, 4.69) is 15.3 Å². The number of rotatable bonds is 7. The molecule has 0 bridgehead atoms. The van der Waals surface area contributed by atoms with E-state index in [9.17, 15) is 9.59 Å². The standard InChI is InChI=1S/C24H23N3O4S/c1-14-8-9-19(30-3)17(12-14)15(2)26-23(29)22-18(16-6-4-5-7-20(16)31-22)13-32-24-25-11-10-21(28)27-24/h4-12,15H,13H2,1-3H3,(H,26,29)(H,25,27,28)/t15-/m1/s1. The number of para-hydroxylation sites is 1. The van der Waals surface area contributed by atoms with Crippen LogP contribution in [0.1, 0.15) is 40.2 Å². The molecule has 2 aromatic carbocycles. The average molecular weight is 450 g/mol. The normalized spacial score (nSPS) is 12.0. The van der Waals surface area contributed by atoms with Crippen molar-refractivity contribution in [1.82, 2.24) is 15.3 Å². The van der Waals surface area contributed by atoms with Gasteiger partial charge in [0, 0.05) is 34.5 Å². The van der Waals surface area contributed by atoms with Crippen LogP contribution in [0.4, 0.5) is 0 Å². The predicted octanol–water partition coefficient (Wildman–Crippen LogP) is 4.62. The van der Waals surface area contributed by atoms with Gasteiger partial charge in [-0.1, -0.05) is 47.7 Å². The summed E-state index contributed by atoms with van der Waals surface area (Å²) in [6, 6.07) is 14.4. The van der Waals surface area contributed by atoms with Crippen LogP contribution in [-0.2, 0) is 5.75 Å². The number of thioether (sulfide) groups is 1. The number of hydrogen-bond donors (Lipinski definition) is 2. The van der Waals surface area contributed by atoms with E-state index in [1.54, 1.807) is 7.11 Å². The largest absolute Gasteiger partial charge is 0.496 e. The first kappa shape index (κ1) is 21.7. The molecule has 2 N–H and O–H groups in total. The number of carbonyl (C=O) groups is 1. The fourth-order valence-electron chi connectivity index (χ4n) is 3.52. The summed E-state index contributed by atoms with van der Waals surface area (Å²) in [7, 11) is 1.61. The van der Waals surface area contributed by atoms with Crippen molar-refractivity contribution in [2.24, 2.45) is 0 Å². The second kappa shape index (κ2) is 9.32. The third-order valence-corrected chi connectivity index (χ3v) is 6.02. The van der Waals surface area contributed by atoms with Crippen LogP contribution in [0.5, 0.6) is 5.75 Å². The van der Waals surface area contributed by atoms with Gasteiger partial charge in [0.25, 0.3) is 11.5 Å². The minimum atomic E-state index is -0.317. The molecule has 0 unspecified atom stereocenters. The third-order valence-electron chi connectivity index (χ3n) is 5.10. The molecule has 0 radical (unpaired) electrons. The number of amides is 1. The summed E-state index contributed by atoms with van der Waals surface area (Å²) >= 11 is 1.34. The zero-order chi connectivity index (χ0) is 22.7. The lowest BCUT2D eigenvalue weighted by Crippen LogP contribution is -2.27. The van der Waals surface area contributed by atoms with Gasteiger partial charge >= 0.3 is 0 Å². The number of aromatic nitrogens is 2. The highest BCUT2D eigenvalue weighted by molar-refractivity contribution is 7.98. The molecular weight excluding hydrogens is 426 g/mol. The van der Waals surface area contributed by atoms with E-state index in [4.69, 9.17) is 9.15 Å². The van der Waals surface area contributed by atoms with Crippen molar-refractivity contribution in [2.75, 3.05) is 7.11 Å². The Bertz CT molecular complexity index is 1330. The van der Waals surface area contributed by atoms with Gasteiger partial charge < -0.3 is 19.5 Å². The Hall–Kier alpha value is -3.52. The Morgan fingerprint density at radius 3 is 2.84 bits per heavy atom. The smallest absolute Gasteiger partial charge is 0.287 e. The number of ether oxygens (including phenoxy) is 1. The number of benzene rings is 2. The highest BCUT2D eigenvalue weighted by Crippen LogP contribution is 2.32. The summed E-state index contributed by atoms with van der Waals surface area (Å²) in [6.07, 6.45) is 1.46. The molecule has 0 saturated heterocycles. The van der Waals surface area contributed by atoms with Crippen molar-refractivity contribution in [1.29, 1.82) is 0 Å². The Labute approximate surface area is 189 Å². The monoisotopic (exact) mass is 449 g/mol. The van der Waals surface area contributed by atoms with Crippen molar-refractivity contribution >= 4 is 28.6 Å². The molecule has 32 heavy (non-hydrogen) atoms. The lowest BCUT2D eigenvalue weighted by molar-refractivity contribution is 0.0912. The van der Waals surface area contributed by atoms with Gasteiger partial charge in [-0.05, 0) is 26.0 Å². The summed E-state index contributed by atoms with van der Waals surface area (Å²) in [6.45, 7) is 3.90. The molecule has 4 rings (SSSR count). The third kappa shape index (κ3) is 4.55. The number of aryl methyl sites for hydroxylation is 1. The van der Waals surface area contributed by atoms with Crippen LogP contribution in [0.25, 0.3) is 11.0 Å². The van der Waals surface area contributed by atoms with Crippen LogP contribution in [0.15, 0.2) is 69.1 Å². The first-order valence-corrected chi connectivity index (χ1v) is 11.1. The fourth-order valence-corrected chi connectivity index (χ4v) is 4.40. The Morgan fingerprint density at radius 2 is 2.06 bits per heavy atom. The van der Waals surface area contributed by atoms with Crippen LogP contribution in [0, 0.1) is 6.92 Å². The minimum absolute atomic E-state index is 0.224. The number of fused-ring (bicyclic) bond motifs is 1. The highest BCUT2D eigenvalue weighted by Gasteiger charge is 2.23. The number of H-pyrrole nitrogens is 1. The van der Waals surface area contributed by atoms with Gasteiger partial charge in [-0.2, -0.15) is 0 Å². The second-order valence-electron chi connectivity index (χ2n) is 7.37. The van der Waals surface area contributed by atoms with Gasteiger partial charge in [0.1, 0.15) is 11.3 Å². The molecule has 0 aliphatic carbocycles. The van der Waals surface area contributed by atoms with Crippen molar-refractivity contribution in [3.63, 3.8) is 0 Å². The van der Waals surface area contributed by atoms with Gasteiger partial charge in [0.05, 0.1) is 13.2 Å². The second-order valence-corrected chi connectivity index (χ2v) is 8.34. The molecule has 7 nitrogen and oxygen atoms in total. The Kier molecular flexibility index (Phi) is 6.32. The molecule has 0 fully saturated rings. The van der Waals surface area contributed by atoms with Crippen LogP contribution in [-0.4, -0.2) is 23.0 Å². The number of aromatic amines is 1. The number of nitrogens with one attached hydrogen (secondary N) is 2. The SMILES string of the molecule is COc1ccc(C)cc1[C@@H](C)NC(=O)c1oc2ccccc2c1CSc1nccc(=O)[nH]1. The maximum absolute atomic E-state index is 13.2. The van der Waals surface area contributed by atoms with Gasteiger partial charge in [-0.25, -0.2) is 4.98 Å². The van der Waals surface area contributed by atoms with E-state index in [0.29, 0.717) is 22.2 Å². The zero-order valence-electron chi connectivity index (χ0n) is 18.0. The van der Waals surface area contributed by atoms with Crippen LogP contribution in [0.2, 0.25) is 0 Å². The van der Waals surface area contributed by atoms with E-state index in [1.165, 1.54) is 24.0 Å². The van der Waals surface area contributed by atoms with Crippen molar-refractivity contribution < 1.29 is 13.9 Å². The summed E-state index contributed by atoms with van der Waals surface area (Å²) in [5, 5.41) is 4.36.